The van der Waals surface area contributed by atoms with E-state index in [1.807, 2.05) is 25.4 Å². The van der Waals surface area contributed by atoms with Gasteiger partial charge >= 0.3 is 0 Å². The van der Waals surface area contributed by atoms with Crippen LogP contribution in [0.5, 0.6) is 0 Å². The van der Waals surface area contributed by atoms with E-state index in [2.05, 4.69) is 45.6 Å². The molecule has 0 saturated carbocycles. The smallest absolute Gasteiger partial charge is 0.138 e. The Hall–Kier alpha value is -1.95. The fourth-order valence-corrected chi connectivity index (χ4v) is 3.15. The Morgan fingerprint density at radius 2 is 2.21 bits per heavy atom. The Kier molecular flexibility index (Phi) is 5.14. The molecule has 0 aromatic carbocycles. The third-order valence-electron chi connectivity index (χ3n) is 4.49. The number of hydrogen-bond acceptors (Lipinski definition) is 5. The lowest BCUT2D eigenvalue weighted by Gasteiger charge is -2.20. The Morgan fingerprint density at radius 1 is 1.38 bits per heavy atom. The zero-order valence-corrected chi connectivity index (χ0v) is 15.0. The highest BCUT2D eigenvalue weighted by molar-refractivity contribution is 5.36. The molecular formula is C18H27N5O. The predicted octanol–water partition coefficient (Wildman–Crippen LogP) is 3.31. The molecule has 0 spiro atoms. The molecule has 1 aliphatic heterocycles. The molecule has 0 unspecified atom stereocenters. The van der Waals surface area contributed by atoms with Crippen LogP contribution < -0.4 is 5.32 Å². The Labute approximate surface area is 143 Å². The summed E-state index contributed by atoms with van der Waals surface area (Å²) in [5.41, 5.74) is 0.997. The van der Waals surface area contributed by atoms with Crippen molar-refractivity contribution in [2.75, 3.05) is 18.5 Å². The molecule has 1 N–H and O–H groups in total. The van der Waals surface area contributed by atoms with Crippen LogP contribution in [0.2, 0.25) is 0 Å². The van der Waals surface area contributed by atoms with Crippen LogP contribution in [0.3, 0.4) is 0 Å². The molecule has 2 atom stereocenters. The van der Waals surface area contributed by atoms with Gasteiger partial charge in [-0.1, -0.05) is 13.8 Å². The molecule has 0 aliphatic carbocycles. The number of rotatable bonds is 6. The average Bonchev–Trinajstić information content (AvgIpc) is 3.20. The third kappa shape index (κ3) is 3.59. The number of aryl methyl sites for hydroxylation is 2. The molecule has 2 aromatic heterocycles. The summed E-state index contributed by atoms with van der Waals surface area (Å²) in [7, 11) is 0. The standard InChI is InChI=1S/C18H27N5O/c1-5-23-8-7-19-18(23)16-14(6-9-24-16)11-20-15-10-13(4)21-17(22-15)12(2)3/h7-8,10,12,14,16H,5-6,9,11H2,1-4H3,(H,20,21,22)/t14-,16+/m0/s1. The molecule has 2 aromatic rings. The van der Waals surface area contributed by atoms with Crippen molar-refractivity contribution in [2.24, 2.45) is 5.92 Å². The first-order valence-corrected chi connectivity index (χ1v) is 8.80. The van der Waals surface area contributed by atoms with Crippen molar-refractivity contribution < 1.29 is 4.74 Å². The van der Waals surface area contributed by atoms with Crippen LogP contribution in [0.1, 0.15) is 56.6 Å². The summed E-state index contributed by atoms with van der Waals surface area (Å²) < 4.78 is 8.13. The number of anilines is 1. The minimum absolute atomic E-state index is 0.0555. The maximum Gasteiger partial charge on any atom is 0.138 e. The quantitative estimate of drug-likeness (QED) is 0.881. The first-order chi connectivity index (χ1) is 11.6. The van der Waals surface area contributed by atoms with Gasteiger partial charge in [0.2, 0.25) is 0 Å². The summed E-state index contributed by atoms with van der Waals surface area (Å²) in [6.07, 6.45) is 4.97. The van der Waals surface area contributed by atoms with Gasteiger partial charge in [0.05, 0.1) is 0 Å². The van der Waals surface area contributed by atoms with Gasteiger partial charge in [-0.3, -0.25) is 0 Å². The molecule has 3 heterocycles. The molecule has 1 aliphatic rings. The summed E-state index contributed by atoms with van der Waals surface area (Å²) >= 11 is 0. The van der Waals surface area contributed by atoms with Crippen molar-refractivity contribution in [2.45, 2.75) is 52.7 Å². The SMILES string of the molecule is CCn1ccnc1[C@@H]1OCC[C@H]1CNc1cc(C)nc(C(C)C)n1. The Bertz CT molecular complexity index is 682. The molecular weight excluding hydrogens is 302 g/mol. The number of aromatic nitrogens is 4. The zero-order valence-electron chi connectivity index (χ0n) is 15.0. The van der Waals surface area contributed by atoms with Gasteiger partial charge < -0.3 is 14.6 Å². The van der Waals surface area contributed by atoms with Crippen molar-refractivity contribution in [3.8, 4) is 0 Å². The van der Waals surface area contributed by atoms with Crippen molar-refractivity contribution in [1.29, 1.82) is 0 Å². The van der Waals surface area contributed by atoms with Gasteiger partial charge in [-0.2, -0.15) is 0 Å². The normalized spacial score (nSPS) is 20.7. The van der Waals surface area contributed by atoms with E-state index in [0.717, 1.165) is 49.3 Å². The van der Waals surface area contributed by atoms with Crippen molar-refractivity contribution >= 4 is 5.82 Å². The van der Waals surface area contributed by atoms with E-state index in [9.17, 15) is 0 Å². The highest BCUT2D eigenvalue weighted by Crippen LogP contribution is 2.33. The Morgan fingerprint density at radius 3 is 2.96 bits per heavy atom. The van der Waals surface area contributed by atoms with Crippen LogP contribution in [-0.4, -0.2) is 32.7 Å². The second-order valence-corrected chi connectivity index (χ2v) is 6.70. The molecule has 6 nitrogen and oxygen atoms in total. The number of ether oxygens (including phenoxy) is 1. The van der Waals surface area contributed by atoms with Crippen LogP contribution >= 0.6 is 0 Å². The van der Waals surface area contributed by atoms with E-state index >= 15 is 0 Å². The first kappa shape index (κ1) is 16.9. The van der Waals surface area contributed by atoms with Gasteiger partial charge in [-0.15, -0.1) is 0 Å². The summed E-state index contributed by atoms with van der Waals surface area (Å²) in [4.78, 5) is 13.6. The van der Waals surface area contributed by atoms with Gasteiger partial charge in [0.15, 0.2) is 0 Å². The third-order valence-corrected chi connectivity index (χ3v) is 4.49. The first-order valence-electron chi connectivity index (χ1n) is 8.80. The van der Waals surface area contributed by atoms with E-state index in [-0.39, 0.29) is 6.10 Å². The second kappa shape index (κ2) is 7.30. The minimum atomic E-state index is 0.0555. The van der Waals surface area contributed by atoms with Crippen molar-refractivity contribution in [1.82, 2.24) is 19.5 Å². The Balaban J connectivity index is 1.70. The van der Waals surface area contributed by atoms with Gasteiger partial charge in [-0.25, -0.2) is 15.0 Å². The molecule has 1 fully saturated rings. The zero-order chi connectivity index (χ0) is 17.1. The molecule has 24 heavy (non-hydrogen) atoms. The molecule has 130 valence electrons. The highest BCUT2D eigenvalue weighted by Gasteiger charge is 2.32. The summed E-state index contributed by atoms with van der Waals surface area (Å²) in [5, 5.41) is 3.48. The van der Waals surface area contributed by atoms with Crippen LogP contribution in [0.15, 0.2) is 18.5 Å². The second-order valence-electron chi connectivity index (χ2n) is 6.70. The van der Waals surface area contributed by atoms with Crippen molar-refractivity contribution in [3.05, 3.63) is 35.8 Å². The number of nitrogens with zero attached hydrogens (tertiary/aromatic N) is 4. The van der Waals surface area contributed by atoms with E-state index in [1.54, 1.807) is 0 Å². The summed E-state index contributed by atoms with van der Waals surface area (Å²) in [6.45, 7) is 10.9. The fraction of sp³-hybridized carbons (Fsp3) is 0.611. The lowest BCUT2D eigenvalue weighted by molar-refractivity contribution is 0.0832. The molecule has 1 saturated heterocycles. The average molecular weight is 329 g/mol. The lowest BCUT2D eigenvalue weighted by Crippen LogP contribution is -2.21. The van der Waals surface area contributed by atoms with Crippen LogP contribution in [0.25, 0.3) is 0 Å². The van der Waals surface area contributed by atoms with Crippen LogP contribution in [0.4, 0.5) is 5.82 Å². The topological polar surface area (TPSA) is 64.9 Å². The predicted molar refractivity (Wildman–Crippen MR) is 94.0 cm³/mol. The number of imidazole rings is 1. The highest BCUT2D eigenvalue weighted by atomic mass is 16.5. The molecule has 0 bridgehead atoms. The largest absolute Gasteiger partial charge is 0.370 e. The molecule has 0 amide bonds. The molecule has 0 radical (unpaired) electrons. The van der Waals surface area contributed by atoms with E-state index in [1.165, 1.54) is 0 Å². The fourth-order valence-electron chi connectivity index (χ4n) is 3.15. The van der Waals surface area contributed by atoms with Gasteiger partial charge in [0.25, 0.3) is 0 Å². The van der Waals surface area contributed by atoms with E-state index in [4.69, 9.17) is 4.74 Å². The molecule has 6 heteroatoms. The van der Waals surface area contributed by atoms with Gasteiger partial charge in [0, 0.05) is 55.7 Å². The lowest BCUT2D eigenvalue weighted by atomic mass is 10.0. The summed E-state index contributed by atoms with van der Waals surface area (Å²) in [5.74, 6) is 3.54. The summed E-state index contributed by atoms with van der Waals surface area (Å²) in [6, 6.07) is 2.00. The monoisotopic (exact) mass is 329 g/mol. The van der Waals surface area contributed by atoms with E-state index in [0.29, 0.717) is 11.8 Å². The van der Waals surface area contributed by atoms with Gasteiger partial charge in [0.1, 0.15) is 23.6 Å². The minimum Gasteiger partial charge on any atom is -0.370 e. The van der Waals surface area contributed by atoms with Crippen LogP contribution in [-0.2, 0) is 11.3 Å². The van der Waals surface area contributed by atoms with Gasteiger partial charge in [-0.05, 0) is 20.3 Å². The maximum absolute atomic E-state index is 5.97. The van der Waals surface area contributed by atoms with Crippen LogP contribution in [0, 0.1) is 12.8 Å². The maximum atomic E-state index is 5.97. The molecule has 3 rings (SSSR count). The van der Waals surface area contributed by atoms with Crippen molar-refractivity contribution in [3.63, 3.8) is 0 Å². The number of nitrogens with one attached hydrogen (secondary N) is 1. The number of hydrogen-bond donors (Lipinski definition) is 1. The van der Waals surface area contributed by atoms with E-state index < -0.39 is 0 Å².